The lowest BCUT2D eigenvalue weighted by molar-refractivity contribution is 0.0518. The van der Waals surface area contributed by atoms with Crippen molar-refractivity contribution in [3.63, 3.8) is 0 Å². The van der Waals surface area contributed by atoms with E-state index in [-0.39, 0.29) is 17.9 Å². The number of benzene rings is 1. The first-order valence-corrected chi connectivity index (χ1v) is 12.2. The molecule has 0 bridgehead atoms. The van der Waals surface area contributed by atoms with Crippen molar-refractivity contribution < 1.29 is 14.3 Å². The van der Waals surface area contributed by atoms with E-state index in [1.54, 1.807) is 29.8 Å². The third kappa shape index (κ3) is 7.42. The van der Waals surface area contributed by atoms with Gasteiger partial charge in [0.25, 0.3) is 5.91 Å². The second-order valence-electron chi connectivity index (χ2n) is 8.49. The van der Waals surface area contributed by atoms with Crippen molar-refractivity contribution in [1.82, 2.24) is 20.0 Å². The fraction of sp³-hybridized carbons (Fsp3) is 0.577. The van der Waals surface area contributed by atoms with Crippen LogP contribution in [0.2, 0.25) is 0 Å². The first-order valence-electron chi connectivity index (χ1n) is 12.2. The first-order chi connectivity index (χ1) is 15.8. The quantitative estimate of drug-likeness (QED) is 0.438. The molecule has 33 heavy (non-hydrogen) atoms. The van der Waals surface area contributed by atoms with Crippen LogP contribution in [0.4, 0.5) is 0 Å². The molecule has 2 aromatic rings. The van der Waals surface area contributed by atoms with Gasteiger partial charge in [-0.3, -0.25) is 4.79 Å². The molecule has 0 aliphatic heterocycles. The number of hydrogen-bond donors (Lipinski definition) is 1. The minimum absolute atomic E-state index is 0.0771. The van der Waals surface area contributed by atoms with E-state index in [9.17, 15) is 9.59 Å². The third-order valence-corrected chi connectivity index (χ3v) is 6.10. The predicted molar refractivity (Wildman–Crippen MR) is 132 cm³/mol. The van der Waals surface area contributed by atoms with Gasteiger partial charge in [0.1, 0.15) is 0 Å². The van der Waals surface area contributed by atoms with Crippen LogP contribution in [-0.2, 0) is 4.74 Å². The smallest absolute Gasteiger partial charge is 0.358 e. The largest absolute Gasteiger partial charge is 0.461 e. The highest BCUT2D eigenvalue weighted by molar-refractivity contribution is 5.94. The van der Waals surface area contributed by atoms with Crippen LogP contribution in [0.5, 0.6) is 0 Å². The van der Waals surface area contributed by atoms with Gasteiger partial charge in [-0.25, -0.2) is 9.48 Å². The SMILES string of the molecule is CCOC(=O)c1cc([C@H](C)CC)n(-c2ccc(C(=O)N[C@@H](C)CCCN(CC)CC)cc2)n1. The molecule has 7 heteroatoms. The van der Waals surface area contributed by atoms with E-state index in [4.69, 9.17) is 4.74 Å². The first kappa shape index (κ1) is 26.6. The van der Waals surface area contributed by atoms with E-state index in [0.29, 0.717) is 17.9 Å². The predicted octanol–water partition coefficient (Wildman–Crippen LogP) is 4.80. The minimum Gasteiger partial charge on any atom is -0.461 e. The van der Waals surface area contributed by atoms with Crippen molar-refractivity contribution in [3.05, 3.63) is 47.3 Å². The number of hydrogen-bond acceptors (Lipinski definition) is 5. The average Bonchev–Trinajstić information content (AvgIpc) is 3.27. The molecule has 1 amide bonds. The van der Waals surface area contributed by atoms with E-state index in [1.165, 1.54) is 0 Å². The molecule has 1 aromatic heterocycles. The number of aromatic nitrogens is 2. The summed E-state index contributed by atoms with van der Waals surface area (Å²) >= 11 is 0. The van der Waals surface area contributed by atoms with Gasteiger partial charge >= 0.3 is 5.97 Å². The Morgan fingerprint density at radius 2 is 1.76 bits per heavy atom. The summed E-state index contributed by atoms with van der Waals surface area (Å²) in [5, 5.41) is 7.59. The summed E-state index contributed by atoms with van der Waals surface area (Å²) in [6.45, 7) is 15.8. The molecule has 182 valence electrons. The summed E-state index contributed by atoms with van der Waals surface area (Å²) in [6.07, 6.45) is 2.92. The Labute approximate surface area is 198 Å². The van der Waals surface area contributed by atoms with Crippen LogP contribution in [0.25, 0.3) is 5.69 Å². The van der Waals surface area contributed by atoms with Crippen molar-refractivity contribution in [3.8, 4) is 5.69 Å². The molecule has 7 nitrogen and oxygen atoms in total. The van der Waals surface area contributed by atoms with Gasteiger partial charge in [0.15, 0.2) is 5.69 Å². The van der Waals surface area contributed by atoms with Gasteiger partial charge < -0.3 is 15.0 Å². The molecule has 0 aliphatic carbocycles. The Morgan fingerprint density at radius 1 is 1.09 bits per heavy atom. The minimum atomic E-state index is -0.424. The molecule has 0 radical (unpaired) electrons. The molecule has 0 saturated carbocycles. The highest BCUT2D eigenvalue weighted by atomic mass is 16.5. The molecule has 2 atom stereocenters. The van der Waals surface area contributed by atoms with Crippen LogP contribution in [0.15, 0.2) is 30.3 Å². The zero-order chi connectivity index (χ0) is 24.4. The second kappa shape index (κ2) is 13.1. The van der Waals surface area contributed by atoms with E-state index in [0.717, 1.165) is 50.3 Å². The molecular formula is C26H40N4O3. The van der Waals surface area contributed by atoms with Crippen molar-refractivity contribution in [1.29, 1.82) is 0 Å². The van der Waals surface area contributed by atoms with Gasteiger partial charge in [-0.15, -0.1) is 0 Å². The molecule has 0 unspecified atom stereocenters. The lowest BCUT2D eigenvalue weighted by atomic mass is 10.0. The number of carbonyl (C=O) groups excluding carboxylic acids is 2. The number of esters is 1. The standard InChI is InChI=1S/C26H40N4O3/c1-7-19(5)24-18-23(26(32)33-10-4)28-30(24)22-15-13-21(14-16-22)25(31)27-20(6)12-11-17-29(8-2)9-3/h13-16,18-20H,7-12,17H2,1-6H3,(H,27,31)/t19-,20+/m1/s1. The van der Waals surface area contributed by atoms with E-state index in [1.807, 2.05) is 19.1 Å². The zero-order valence-corrected chi connectivity index (χ0v) is 21.1. The summed E-state index contributed by atoms with van der Waals surface area (Å²) in [5.41, 5.74) is 2.66. The topological polar surface area (TPSA) is 76.5 Å². The van der Waals surface area contributed by atoms with Crippen LogP contribution in [0.1, 0.15) is 93.3 Å². The number of rotatable bonds is 13. The lowest BCUT2D eigenvalue weighted by Gasteiger charge is -2.20. The van der Waals surface area contributed by atoms with Gasteiger partial charge in [0.05, 0.1) is 12.3 Å². The maximum absolute atomic E-state index is 12.7. The van der Waals surface area contributed by atoms with Crippen LogP contribution in [0.3, 0.4) is 0 Å². The summed E-state index contributed by atoms with van der Waals surface area (Å²) < 4.78 is 6.89. The number of amides is 1. The second-order valence-corrected chi connectivity index (χ2v) is 8.49. The van der Waals surface area contributed by atoms with Crippen LogP contribution < -0.4 is 5.32 Å². The lowest BCUT2D eigenvalue weighted by Crippen LogP contribution is -2.33. The van der Waals surface area contributed by atoms with Gasteiger partial charge in [0.2, 0.25) is 0 Å². The van der Waals surface area contributed by atoms with E-state index >= 15 is 0 Å². The molecule has 2 rings (SSSR count). The Hall–Kier alpha value is -2.67. The molecule has 1 heterocycles. The summed E-state index contributed by atoms with van der Waals surface area (Å²) in [7, 11) is 0. The third-order valence-electron chi connectivity index (χ3n) is 6.10. The highest BCUT2D eigenvalue weighted by Crippen LogP contribution is 2.24. The maximum atomic E-state index is 12.7. The van der Waals surface area contributed by atoms with Crippen LogP contribution in [-0.4, -0.2) is 58.8 Å². The highest BCUT2D eigenvalue weighted by Gasteiger charge is 2.20. The fourth-order valence-electron chi connectivity index (χ4n) is 3.76. The molecule has 1 aromatic carbocycles. The molecule has 0 spiro atoms. The normalized spacial score (nSPS) is 13.1. The molecule has 1 N–H and O–H groups in total. The Kier molecular flexibility index (Phi) is 10.6. The molecule has 0 saturated heterocycles. The van der Waals surface area contributed by atoms with E-state index in [2.05, 4.69) is 43.0 Å². The van der Waals surface area contributed by atoms with Gasteiger partial charge in [-0.2, -0.15) is 5.10 Å². The maximum Gasteiger partial charge on any atom is 0.358 e. The zero-order valence-electron chi connectivity index (χ0n) is 21.1. The Balaban J connectivity index is 2.08. The van der Waals surface area contributed by atoms with Crippen molar-refractivity contribution in [2.45, 2.75) is 72.8 Å². The van der Waals surface area contributed by atoms with Crippen molar-refractivity contribution >= 4 is 11.9 Å². The van der Waals surface area contributed by atoms with Crippen molar-refractivity contribution in [2.24, 2.45) is 0 Å². The Morgan fingerprint density at radius 3 is 2.33 bits per heavy atom. The summed E-state index contributed by atoms with van der Waals surface area (Å²) in [5.74, 6) is -0.278. The Bertz CT molecular complexity index is 887. The average molecular weight is 457 g/mol. The van der Waals surface area contributed by atoms with Crippen LogP contribution >= 0.6 is 0 Å². The number of carbonyl (C=O) groups is 2. The van der Waals surface area contributed by atoms with E-state index < -0.39 is 5.97 Å². The molecule has 0 fully saturated rings. The summed E-state index contributed by atoms with van der Waals surface area (Å²) in [6, 6.07) is 9.26. The summed E-state index contributed by atoms with van der Waals surface area (Å²) in [4.78, 5) is 27.3. The van der Waals surface area contributed by atoms with Gasteiger partial charge in [0, 0.05) is 17.3 Å². The molecular weight excluding hydrogens is 416 g/mol. The fourth-order valence-corrected chi connectivity index (χ4v) is 3.76. The van der Waals surface area contributed by atoms with Crippen molar-refractivity contribution in [2.75, 3.05) is 26.2 Å². The number of nitrogens with one attached hydrogen (secondary N) is 1. The number of nitrogens with zero attached hydrogens (tertiary/aromatic N) is 3. The molecule has 0 aliphatic rings. The van der Waals surface area contributed by atoms with Gasteiger partial charge in [-0.1, -0.05) is 27.7 Å². The number of ether oxygens (including phenoxy) is 1. The monoisotopic (exact) mass is 456 g/mol. The van der Waals surface area contributed by atoms with Crippen LogP contribution in [0, 0.1) is 0 Å². The van der Waals surface area contributed by atoms with Gasteiger partial charge in [-0.05, 0) is 89.0 Å².